The Balaban J connectivity index is 1.48. The molecule has 0 aliphatic heterocycles. The fraction of sp³-hybridized carbons (Fsp3) is 0.688. The van der Waals surface area contributed by atoms with Gasteiger partial charge in [0, 0.05) is 18.7 Å². The van der Waals surface area contributed by atoms with Crippen LogP contribution in [0.15, 0.2) is 41.4 Å². The smallest absolute Gasteiger partial charge is 0.407 e. The molecule has 0 aliphatic carbocycles. The molecule has 0 radical (unpaired) electrons. The van der Waals surface area contributed by atoms with Gasteiger partial charge < -0.3 is 24.2 Å². The fourth-order valence-corrected chi connectivity index (χ4v) is 5.87. The predicted octanol–water partition coefficient (Wildman–Crippen LogP) is 8.31. The Labute approximate surface area is 259 Å². The number of unbranched alkanes of at least 4 members (excludes halogenated alkanes) is 13. The first kappa shape index (κ1) is 36.4. The summed E-state index contributed by atoms with van der Waals surface area (Å²) >= 11 is 1.63. The van der Waals surface area contributed by atoms with Gasteiger partial charge in [-0.2, -0.15) is 4.57 Å². The van der Waals surface area contributed by atoms with E-state index in [1.54, 1.807) is 17.4 Å². The highest BCUT2D eigenvalue weighted by molar-refractivity contribution is 7.41. The second-order valence-electron chi connectivity index (χ2n) is 10.7. The van der Waals surface area contributed by atoms with Gasteiger partial charge in [0.1, 0.15) is 18.5 Å². The molecule has 238 valence electrons. The molecule has 2 aromatic rings. The van der Waals surface area contributed by atoms with Crippen LogP contribution in [0, 0.1) is 0 Å². The van der Waals surface area contributed by atoms with Gasteiger partial charge in [0.2, 0.25) is 5.51 Å². The molecular formula is C32H54N2O6PS+. The van der Waals surface area contributed by atoms with Crippen LogP contribution in [0.3, 0.4) is 0 Å². The van der Waals surface area contributed by atoms with Crippen LogP contribution in [0.4, 0.5) is 4.79 Å². The second-order valence-corrected chi connectivity index (χ2v) is 12.3. The van der Waals surface area contributed by atoms with Crippen LogP contribution in [0.2, 0.25) is 0 Å². The predicted molar refractivity (Wildman–Crippen MR) is 171 cm³/mol. The van der Waals surface area contributed by atoms with E-state index in [0.29, 0.717) is 18.9 Å². The van der Waals surface area contributed by atoms with Crippen molar-refractivity contribution in [2.75, 3.05) is 26.4 Å². The minimum atomic E-state index is -2.16. The van der Waals surface area contributed by atoms with Crippen LogP contribution < -0.4 is 14.4 Å². The highest BCUT2D eigenvalue weighted by Crippen LogP contribution is 2.35. The maximum atomic E-state index is 12.1. The highest BCUT2D eigenvalue weighted by Gasteiger charge is 2.18. The van der Waals surface area contributed by atoms with Crippen molar-refractivity contribution in [1.82, 2.24) is 5.32 Å². The zero-order chi connectivity index (χ0) is 30.1. The lowest BCUT2D eigenvalue weighted by atomic mass is 10.0. The maximum absolute atomic E-state index is 12.1. The Kier molecular flexibility index (Phi) is 21.4. The first-order valence-electron chi connectivity index (χ1n) is 15.9. The van der Waals surface area contributed by atoms with Gasteiger partial charge in [-0.05, 0) is 25.5 Å². The molecule has 0 bridgehead atoms. The molecule has 2 rings (SSSR count). The van der Waals surface area contributed by atoms with Crippen LogP contribution >= 0.6 is 19.9 Å². The molecule has 0 aliphatic rings. The van der Waals surface area contributed by atoms with Crippen molar-refractivity contribution in [2.45, 2.75) is 116 Å². The normalized spacial score (nSPS) is 12.6. The van der Waals surface area contributed by atoms with E-state index < -0.39 is 20.8 Å². The Hall–Kier alpha value is -1.77. The van der Waals surface area contributed by atoms with E-state index >= 15 is 0 Å². The summed E-state index contributed by atoms with van der Waals surface area (Å²) in [4.78, 5) is 22.4. The number of rotatable bonds is 26. The van der Waals surface area contributed by atoms with E-state index in [0.717, 1.165) is 24.9 Å². The fourth-order valence-electron chi connectivity index (χ4n) is 4.64. The van der Waals surface area contributed by atoms with E-state index in [-0.39, 0.29) is 13.2 Å². The number of ether oxygens (including phenoxy) is 2. The molecule has 1 heterocycles. The lowest BCUT2D eigenvalue weighted by Crippen LogP contribution is -2.31. The lowest BCUT2D eigenvalue weighted by molar-refractivity contribution is -0.683. The number of nitrogens with zero attached hydrogens (tertiary/aromatic N) is 1. The van der Waals surface area contributed by atoms with Gasteiger partial charge in [0.05, 0.1) is 12.0 Å². The quantitative estimate of drug-likeness (QED) is 0.0621. The number of thiazole rings is 1. The van der Waals surface area contributed by atoms with Gasteiger partial charge in [0.25, 0.3) is 0 Å². The zero-order valence-corrected chi connectivity index (χ0v) is 27.6. The average Bonchev–Trinajstić information content (AvgIpc) is 3.49. The first-order valence-corrected chi connectivity index (χ1v) is 18.0. The number of carbonyl (C=O) groups is 1. The molecule has 10 heteroatoms. The molecule has 0 fully saturated rings. The van der Waals surface area contributed by atoms with Crippen LogP contribution in [-0.2, 0) is 20.5 Å². The number of hydrogen-bond donors (Lipinski definition) is 2. The summed E-state index contributed by atoms with van der Waals surface area (Å²) in [5, 5.41) is 4.83. The van der Waals surface area contributed by atoms with Gasteiger partial charge in [-0.15, -0.1) is 0 Å². The number of benzene rings is 1. The Morgan fingerprint density at radius 3 is 2.24 bits per heavy atom. The first-order chi connectivity index (χ1) is 20.6. The summed E-state index contributed by atoms with van der Waals surface area (Å²) in [6, 6.07) is 7.55. The third-order valence-corrected chi connectivity index (χ3v) is 8.36. The monoisotopic (exact) mass is 625 g/mol. The Bertz CT molecular complexity index is 920. The number of nitrogens with one attached hydrogen (secondary N) is 1. The summed E-state index contributed by atoms with van der Waals surface area (Å²) in [6.45, 7) is 5.97. The molecule has 1 aromatic carbocycles. The minimum absolute atomic E-state index is 0.0366. The van der Waals surface area contributed by atoms with E-state index in [4.69, 9.17) is 18.5 Å². The SMILES string of the molecule is CCCCCCCCCCCCCCCCNC(=O)OCC(COP(O)Oc1cccc(C[n+]2ccsc2)c1)OCC. The molecule has 8 nitrogen and oxygen atoms in total. The molecule has 1 amide bonds. The third-order valence-electron chi connectivity index (χ3n) is 6.95. The maximum Gasteiger partial charge on any atom is 0.407 e. The summed E-state index contributed by atoms with van der Waals surface area (Å²) in [5.41, 5.74) is 3.09. The van der Waals surface area contributed by atoms with Gasteiger partial charge in [-0.25, -0.2) is 4.79 Å². The van der Waals surface area contributed by atoms with Crippen molar-refractivity contribution in [3.05, 3.63) is 46.9 Å². The largest absolute Gasteiger partial charge is 0.447 e. The molecule has 1 aromatic heterocycles. The zero-order valence-electron chi connectivity index (χ0n) is 25.8. The topological polar surface area (TPSA) is 90.1 Å². The Morgan fingerprint density at radius 1 is 0.952 bits per heavy atom. The molecule has 0 saturated carbocycles. The van der Waals surface area contributed by atoms with Crippen LogP contribution in [-0.4, -0.2) is 43.5 Å². The van der Waals surface area contributed by atoms with Gasteiger partial charge >= 0.3 is 14.7 Å². The molecule has 0 saturated heterocycles. The van der Waals surface area contributed by atoms with Crippen molar-refractivity contribution >= 4 is 26.0 Å². The van der Waals surface area contributed by atoms with Gasteiger partial charge in [-0.3, -0.25) is 4.52 Å². The lowest BCUT2D eigenvalue weighted by Gasteiger charge is -2.19. The Morgan fingerprint density at radius 2 is 1.62 bits per heavy atom. The summed E-state index contributed by atoms with van der Waals surface area (Å²) in [5.74, 6) is 0.532. The summed E-state index contributed by atoms with van der Waals surface area (Å²) in [6.07, 6.45) is 19.3. The molecule has 2 unspecified atom stereocenters. The van der Waals surface area contributed by atoms with E-state index in [1.807, 2.05) is 42.2 Å². The van der Waals surface area contributed by atoms with Crippen molar-refractivity contribution < 1.29 is 32.8 Å². The highest BCUT2D eigenvalue weighted by atomic mass is 32.1. The van der Waals surface area contributed by atoms with Crippen molar-refractivity contribution in [3.63, 3.8) is 0 Å². The van der Waals surface area contributed by atoms with Crippen molar-refractivity contribution in [2.24, 2.45) is 0 Å². The summed E-state index contributed by atoms with van der Waals surface area (Å²) < 4.78 is 24.1. The standard InChI is InChI=1S/C32H53N2O6PS/c1-3-5-6-7-8-9-10-11-12-13-14-15-16-17-21-33-32(35)38-26-31(37-4-2)27-39-41(36)40-30-20-18-19-29(24-30)25-34-22-23-42-28-34/h18-20,22-24,28,31,36H,3-17,21,25-27H2,1-2H3/p+1. The van der Waals surface area contributed by atoms with Crippen molar-refractivity contribution in [1.29, 1.82) is 0 Å². The van der Waals surface area contributed by atoms with E-state index in [9.17, 15) is 9.69 Å². The van der Waals surface area contributed by atoms with E-state index in [2.05, 4.69) is 16.8 Å². The number of hydrogen-bond acceptors (Lipinski definition) is 7. The minimum Gasteiger partial charge on any atom is -0.447 e. The van der Waals surface area contributed by atoms with E-state index in [1.165, 1.54) is 77.0 Å². The van der Waals surface area contributed by atoms with Crippen LogP contribution in [0.1, 0.15) is 109 Å². The molecule has 0 spiro atoms. The second kappa shape index (κ2) is 24.6. The number of alkyl carbamates (subject to hydrolysis) is 1. The van der Waals surface area contributed by atoms with Crippen LogP contribution in [0.5, 0.6) is 5.75 Å². The van der Waals surface area contributed by atoms with Gasteiger partial charge in [-0.1, -0.05) is 114 Å². The van der Waals surface area contributed by atoms with Crippen molar-refractivity contribution in [3.8, 4) is 5.75 Å². The summed E-state index contributed by atoms with van der Waals surface area (Å²) in [7, 11) is -2.16. The number of carbonyl (C=O) groups excluding carboxylic acids is 1. The average molecular weight is 626 g/mol. The molecule has 2 N–H and O–H groups in total. The third kappa shape index (κ3) is 18.7. The number of aromatic nitrogens is 1. The molecular weight excluding hydrogens is 571 g/mol. The number of amides is 1. The molecule has 2 atom stereocenters. The van der Waals surface area contributed by atoms with Gasteiger partial charge in [0.15, 0.2) is 12.7 Å². The molecule has 42 heavy (non-hydrogen) atoms. The van der Waals surface area contributed by atoms with Crippen LogP contribution in [0.25, 0.3) is 0 Å².